The van der Waals surface area contributed by atoms with E-state index in [2.05, 4.69) is 37.6 Å². The van der Waals surface area contributed by atoms with Crippen molar-refractivity contribution in [2.75, 3.05) is 13.7 Å². The smallest absolute Gasteiger partial charge is 0.360 e. The van der Waals surface area contributed by atoms with Gasteiger partial charge in [-0.1, -0.05) is 78.0 Å². The second kappa shape index (κ2) is 11.7. The Hall–Kier alpha value is -4.89. The van der Waals surface area contributed by atoms with Crippen molar-refractivity contribution in [1.82, 2.24) is 30.2 Å². The van der Waals surface area contributed by atoms with Crippen LogP contribution in [0.1, 0.15) is 45.7 Å². The molecule has 0 bridgehead atoms. The molecule has 41 heavy (non-hydrogen) atoms. The first-order chi connectivity index (χ1) is 20.1. The molecule has 3 heterocycles. The Bertz CT molecular complexity index is 1620. The van der Waals surface area contributed by atoms with Crippen LogP contribution in [-0.4, -0.2) is 56.5 Å². The zero-order valence-corrected chi connectivity index (χ0v) is 22.6. The minimum atomic E-state index is -0.543. The lowest BCUT2D eigenvalue weighted by Crippen LogP contribution is -2.44. The molecule has 3 aromatic carbocycles. The summed E-state index contributed by atoms with van der Waals surface area (Å²) in [5.41, 5.74) is 4.17. The van der Waals surface area contributed by atoms with Gasteiger partial charge in [0, 0.05) is 24.7 Å². The highest BCUT2D eigenvalue weighted by molar-refractivity contribution is 5.86. The van der Waals surface area contributed by atoms with Gasteiger partial charge in [0.05, 0.1) is 36.9 Å². The van der Waals surface area contributed by atoms with Gasteiger partial charge in [0.25, 0.3) is 0 Å². The van der Waals surface area contributed by atoms with E-state index in [1.807, 2.05) is 78.9 Å². The summed E-state index contributed by atoms with van der Waals surface area (Å²) in [6.45, 7) is 1.13. The molecule has 9 nitrogen and oxygen atoms in total. The van der Waals surface area contributed by atoms with Crippen LogP contribution in [0.15, 0.2) is 103 Å². The molecule has 1 fully saturated rings. The number of hydrogen-bond acceptors (Lipinski definition) is 7. The van der Waals surface area contributed by atoms with Crippen LogP contribution in [0.5, 0.6) is 0 Å². The van der Waals surface area contributed by atoms with Gasteiger partial charge in [-0.3, -0.25) is 14.7 Å². The lowest BCUT2D eigenvalue weighted by molar-refractivity contribution is -0.126. The van der Waals surface area contributed by atoms with E-state index in [-0.39, 0.29) is 23.7 Å². The van der Waals surface area contributed by atoms with E-state index in [9.17, 15) is 9.59 Å². The highest BCUT2D eigenvalue weighted by atomic mass is 16.5. The van der Waals surface area contributed by atoms with Crippen molar-refractivity contribution in [3.05, 3.63) is 126 Å². The molecule has 0 aliphatic carbocycles. The first-order valence-electron chi connectivity index (χ1n) is 13.6. The zero-order chi connectivity index (χ0) is 28.2. The van der Waals surface area contributed by atoms with E-state index in [4.69, 9.17) is 4.74 Å². The fourth-order valence-electron chi connectivity index (χ4n) is 5.52. The number of rotatable bonds is 8. The summed E-state index contributed by atoms with van der Waals surface area (Å²) in [5.74, 6) is -0.611. The second-order valence-electron chi connectivity index (χ2n) is 10.2. The average molecular weight is 547 g/mol. The second-order valence-corrected chi connectivity index (χ2v) is 10.2. The van der Waals surface area contributed by atoms with Crippen LogP contribution in [0.4, 0.5) is 0 Å². The summed E-state index contributed by atoms with van der Waals surface area (Å²) < 4.78 is 6.47. The molecule has 1 saturated heterocycles. The number of benzene rings is 3. The number of aromatic nitrogens is 4. The summed E-state index contributed by atoms with van der Waals surface area (Å²) in [5, 5.41) is 12.6. The van der Waals surface area contributed by atoms with Crippen molar-refractivity contribution in [2.24, 2.45) is 0 Å². The molecule has 9 heteroatoms. The first-order valence-corrected chi connectivity index (χ1v) is 13.6. The zero-order valence-electron chi connectivity index (χ0n) is 22.6. The minimum Gasteiger partial charge on any atom is -0.464 e. The van der Waals surface area contributed by atoms with E-state index in [0.717, 1.165) is 27.6 Å². The fourth-order valence-corrected chi connectivity index (χ4v) is 5.52. The molecule has 0 spiro atoms. The number of ether oxygens (including phenoxy) is 1. The van der Waals surface area contributed by atoms with Crippen LogP contribution in [0, 0.1) is 0 Å². The van der Waals surface area contributed by atoms with Crippen molar-refractivity contribution in [3.8, 4) is 0 Å². The predicted molar refractivity (Wildman–Crippen MR) is 154 cm³/mol. The predicted octanol–water partition coefficient (Wildman–Crippen LogP) is 4.33. The van der Waals surface area contributed by atoms with Crippen molar-refractivity contribution in [3.63, 3.8) is 0 Å². The number of esters is 1. The van der Waals surface area contributed by atoms with Gasteiger partial charge in [-0.15, -0.1) is 5.10 Å². The van der Waals surface area contributed by atoms with E-state index in [1.54, 1.807) is 17.1 Å². The largest absolute Gasteiger partial charge is 0.464 e. The number of fused-ring (bicyclic) bond motifs is 1. The molecule has 0 saturated carbocycles. The van der Waals surface area contributed by atoms with Gasteiger partial charge in [0.15, 0.2) is 5.69 Å². The van der Waals surface area contributed by atoms with Crippen molar-refractivity contribution in [1.29, 1.82) is 0 Å². The quantitative estimate of drug-likeness (QED) is 0.289. The maximum absolute atomic E-state index is 14.1. The van der Waals surface area contributed by atoms with Crippen LogP contribution in [0.25, 0.3) is 10.9 Å². The molecule has 1 N–H and O–H groups in total. The highest BCUT2D eigenvalue weighted by Crippen LogP contribution is 2.31. The number of amides is 1. The summed E-state index contributed by atoms with van der Waals surface area (Å²) >= 11 is 0. The minimum absolute atomic E-state index is 0.0685. The number of methoxy groups -OCH3 is 1. The number of carbonyl (C=O) groups excluding carboxylic acids is 2. The Balaban J connectivity index is 1.29. The van der Waals surface area contributed by atoms with Gasteiger partial charge >= 0.3 is 5.97 Å². The average Bonchev–Trinajstić information content (AvgIpc) is 3.68. The Kier molecular flexibility index (Phi) is 7.51. The number of pyridine rings is 1. The molecule has 206 valence electrons. The highest BCUT2D eigenvalue weighted by Gasteiger charge is 2.39. The Morgan fingerprint density at radius 3 is 2.41 bits per heavy atom. The third-order valence-electron chi connectivity index (χ3n) is 7.57. The third kappa shape index (κ3) is 5.71. The topological polar surface area (TPSA) is 102 Å². The fraction of sp³-hybridized carbons (Fsp3) is 0.219. The molecule has 2 aromatic heterocycles. The molecule has 1 aliphatic heterocycles. The normalized spacial score (nSPS) is 17.1. The summed E-state index contributed by atoms with van der Waals surface area (Å²) in [4.78, 5) is 32.7. The maximum atomic E-state index is 14.1. The van der Waals surface area contributed by atoms with Crippen LogP contribution in [0.2, 0.25) is 0 Å². The summed E-state index contributed by atoms with van der Waals surface area (Å²) in [7, 11) is 1.31. The molecular weight excluding hydrogens is 516 g/mol. The summed E-state index contributed by atoms with van der Waals surface area (Å²) in [6.07, 6.45) is 3.89. The third-order valence-corrected chi connectivity index (χ3v) is 7.57. The van der Waals surface area contributed by atoms with Crippen LogP contribution < -0.4 is 5.32 Å². The van der Waals surface area contributed by atoms with Gasteiger partial charge < -0.3 is 10.1 Å². The number of carbonyl (C=O) groups is 2. The summed E-state index contributed by atoms with van der Waals surface area (Å²) in [6, 6.07) is 29.2. The Morgan fingerprint density at radius 1 is 0.976 bits per heavy atom. The standard InChI is InChI=1S/C32H30N6O3/c1-41-32(40)28-21-38(36-35-28)26-18-29(37(20-26)19-22-14-15-27-25(17-22)13-8-16-33-27)31(39)34-30(23-9-4-2-5-10-23)24-11-6-3-7-12-24/h2-17,21,26,29-30H,18-20H2,1H3,(H,34,39)/t26-,29+/m1/s1. The van der Waals surface area contributed by atoms with Gasteiger partial charge in [0.2, 0.25) is 5.91 Å². The molecule has 5 aromatic rings. The van der Waals surface area contributed by atoms with E-state index in [0.29, 0.717) is 19.5 Å². The van der Waals surface area contributed by atoms with Crippen molar-refractivity contribution >= 4 is 22.8 Å². The molecule has 1 amide bonds. The van der Waals surface area contributed by atoms with Crippen LogP contribution in [0.3, 0.4) is 0 Å². The van der Waals surface area contributed by atoms with Gasteiger partial charge in [-0.05, 0) is 41.3 Å². The number of nitrogens with one attached hydrogen (secondary N) is 1. The molecule has 1 aliphatic rings. The Labute approximate surface area is 237 Å². The number of likely N-dealkylation sites (tertiary alicyclic amines) is 1. The van der Waals surface area contributed by atoms with Gasteiger partial charge in [-0.25, -0.2) is 9.48 Å². The van der Waals surface area contributed by atoms with Crippen molar-refractivity contribution in [2.45, 2.75) is 31.1 Å². The van der Waals surface area contributed by atoms with E-state index < -0.39 is 12.0 Å². The van der Waals surface area contributed by atoms with Crippen molar-refractivity contribution < 1.29 is 14.3 Å². The van der Waals surface area contributed by atoms with Crippen LogP contribution >= 0.6 is 0 Å². The SMILES string of the molecule is COC(=O)c1cn([C@@H]2C[C@@H](C(=O)NC(c3ccccc3)c3ccccc3)N(Cc3ccc4ncccc4c3)C2)nn1. The van der Waals surface area contributed by atoms with E-state index >= 15 is 0 Å². The maximum Gasteiger partial charge on any atom is 0.360 e. The molecule has 2 atom stereocenters. The molecular formula is C32H30N6O3. The van der Waals surface area contributed by atoms with Crippen LogP contribution in [-0.2, 0) is 16.1 Å². The molecule has 0 unspecified atom stereocenters. The molecule has 6 rings (SSSR count). The lowest BCUT2D eigenvalue weighted by Gasteiger charge is -2.27. The van der Waals surface area contributed by atoms with E-state index in [1.165, 1.54) is 7.11 Å². The first kappa shape index (κ1) is 26.3. The monoisotopic (exact) mass is 546 g/mol. The number of nitrogens with zero attached hydrogens (tertiary/aromatic N) is 5. The molecule has 0 radical (unpaired) electrons. The number of hydrogen-bond donors (Lipinski definition) is 1. The van der Waals surface area contributed by atoms with Gasteiger partial charge in [0.1, 0.15) is 0 Å². The Morgan fingerprint density at radius 2 is 1.71 bits per heavy atom. The lowest BCUT2D eigenvalue weighted by atomic mass is 9.98. The van der Waals surface area contributed by atoms with Gasteiger partial charge in [-0.2, -0.15) is 0 Å².